The van der Waals surface area contributed by atoms with Crippen molar-refractivity contribution in [2.45, 2.75) is 11.1 Å². The standard InChI is InChI=1S/C17H14ClF3N4O3S/c1-25(15-5-3-12(29(23,27)28)6-10(15)8-22)9-16(26)24-11-2-4-14(18)13(7-11)17(19,20)21/h2-7H,9H2,1H3,(H,24,26)(H2,23,27,28). The second-order valence-corrected chi connectivity index (χ2v) is 7.90. The van der Waals surface area contributed by atoms with Crippen molar-refractivity contribution < 1.29 is 26.4 Å². The molecule has 154 valence electrons. The van der Waals surface area contributed by atoms with E-state index in [-0.39, 0.29) is 28.4 Å². The van der Waals surface area contributed by atoms with Gasteiger partial charge in [0.25, 0.3) is 0 Å². The number of carbonyl (C=O) groups is 1. The van der Waals surface area contributed by atoms with Gasteiger partial charge in [-0.3, -0.25) is 4.79 Å². The van der Waals surface area contributed by atoms with Crippen molar-refractivity contribution in [1.29, 1.82) is 5.26 Å². The van der Waals surface area contributed by atoms with Crippen LogP contribution < -0.4 is 15.4 Å². The Morgan fingerprint density at radius 2 is 1.93 bits per heavy atom. The van der Waals surface area contributed by atoms with Crippen LogP contribution in [0.4, 0.5) is 24.5 Å². The average molecular weight is 447 g/mol. The maximum atomic E-state index is 12.9. The normalized spacial score (nSPS) is 11.6. The van der Waals surface area contributed by atoms with Gasteiger partial charge in [0.15, 0.2) is 0 Å². The molecule has 3 N–H and O–H groups in total. The van der Waals surface area contributed by atoms with Crippen LogP contribution in [-0.4, -0.2) is 27.9 Å². The lowest BCUT2D eigenvalue weighted by Gasteiger charge is -2.20. The van der Waals surface area contributed by atoms with Crippen LogP contribution in [-0.2, 0) is 21.0 Å². The van der Waals surface area contributed by atoms with Gasteiger partial charge < -0.3 is 10.2 Å². The highest BCUT2D eigenvalue weighted by atomic mass is 35.5. The maximum Gasteiger partial charge on any atom is 0.417 e. The number of hydrogen-bond acceptors (Lipinski definition) is 5. The van der Waals surface area contributed by atoms with Crippen LogP contribution in [0.3, 0.4) is 0 Å². The average Bonchev–Trinajstić information content (AvgIpc) is 2.60. The molecule has 0 aromatic heterocycles. The van der Waals surface area contributed by atoms with Crippen LogP contribution in [0.2, 0.25) is 5.02 Å². The fourth-order valence-electron chi connectivity index (χ4n) is 2.44. The number of alkyl halides is 3. The highest BCUT2D eigenvalue weighted by Crippen LogP contribution is 2.36. The molecule has 0 unspecified atom stereocenters. The fraction of sp³-hybridized carbons (Fsp3) is 0.176. The number of nitrogens with zero attached hydrogens (tertiary/aromatic N) is 2. The Kier molecular flexibility index (Phi) is 6.42. The first-order valence-corrected chi connectivity index (χ1v) is 9.70. The number of amides is 1. The Morgan fingerprint density at radius 3 is 2.48 bits per heavy atom. The van der Waals surface area contributed by atoms with Crippen molar-refractivity contribution in [2.75, 3.05) is 23.8 Å². The number of anilines is 2. The van der Waals surface area contributed by atoms with Crippen molar-refractivity contribution >= 4 is 38.9 Å². The highest BCUT2D eigenvalue weighted by Gasteiger charge is 2.33. The molecule has 0 aliphatic carbocycles. The molecule has 0 atom stereocenters. The van der Waals surface area contributed by atoms with Gasteiger partial charge in [0.2, 0.25) is 15.9 Å². The van der Waals surface area contributed by atoms with Gasteiger partial charge in [-0.1, -0.05) is 11.6 Å². The van der Waals surface area contributed by atoms with E-state index in [4.69, 9.17) is 16.7 Å². The van der Waals surface area contributed by atoms with Gasteiger partial charge in [0.05, 0.1) is 33.3 Å². The monoisotopic (exact) mass is 446 g/mol. The first-order chi connectivity index (χ1) is 13.3. The van der Waals surface area contributed by atoms with E-state index in [0.717, 1.165) is 12.1 Å². The Bertz CT molecular complexity index is 1100. The number of halogens is 4. The molecule has 0 bridgehead atoms. The number of hydrogen-bond donors (Lipinski definition) is 2. The summed E-state index contributed by atoms with van der Waals surface area (Å²) in [4.78, 5) is 13.3. The maximum absolute atomic E-state index is 12.9. The first-order valence-electron chi connectivity index (χ1n) is 7.77. The molecule has 0 radical (unpaired) electrons. The smallest absolute Gasteiger partial charge is 0.364 e. The van der Waals surface area contributed by atoms with Gasteiger partial charge in [-0.15, -0.1) is 0 Å². The SMILES string of the molecule is CN(CC(=O)Nc1ccc(Cl)c(C(F)(F)F)c1)c1ccc(S(N)(=O)=O)cc1C#N. The van der Waals surface area contributed by atoms with Gasteiger partial charge in [0, 0.05) is 12.7 Å². The molecule has 2 rings (SSSR count). The van der Waals surface area contributed by atoms with Crippen molar-refractivity contribution in [2.24, 2.45) is 5.14 Å². The summed E-state index contributed by atoms with van der Waals surface area (Å²) in [5.41, 5.74) is -0.999. The largest absolute Gasteiger partial charge is 0.417 e. The van der Waals surface area contributed by atoms with E-state index in [0.29, 0.717) is 6.07 Å². The summed E-state index contributed by atoms with van der Waals surface area (Å²) in [6, 6.07) is 8.30. The summed E-state index contributed by atoms with van der Waals surface area (Å²) in [7, 11) is -2.56. The van der Waals surface area contributed by atoms with Crippen LogP contribution in [0.5, 0.6) is 0 Å². The minimum atomic E-state index is -4.68. The van der Waals surface area contributed by atoms with E-state index < -0.39 is 32.7 Å². The summed E-state index contributed by atoms with van der Waals surface area (Å²) >= 11 is 5.54. The summed E-state index contributed by atoms with van der Waals surface area (Å²) in [5.74, 6) is -0.664. The third-order valence-corrected chi connectivity index (χ3v) is 5.01. The van der Waals surface area contributed by atoms with E-state index >= 15 is 0 Å². The zero-order valence-electron chi connectivity index (χ0n) is 14.8. The summed E-state index contributed by atoms with van der Waals surface area (Å²) in [5, 5.41) is 16.1. The summed E-state index contributed by atoms with van der Waals surface area (Å²) in [6.07, 6.45) is -4.68. The molecule has 2 aromatic carbocycles. The third-order valence-electron chi connectivity index (χ3n) is 3.76. The lowest BCUT2D eigenvalue weighted by Crippen LogP contribution is -2.30. The number of rotatable bonds is 5. The molecular weight excluding hydrogens is 433 g/mol. The predicted octanol–water partition coefficient (Wildman–Crippen LogP) is 2.95. The first kappa shape index (κ1) is 22.5. The topological polar surface area (TPSA) is 116 Å². The van der Waals surface area contributed by atoms with E-state index in [1.54, 1.807) is 0 Å². The highest BCUT2D eigenvalue weighted by molar-refractivity contribution is 7.89. The molecule has 29 heavy (non-hydrogen) atoms. The molecule has 1 amide bonds. The molecule has 0 saturated carbocycles. The molecule has 0 aliphatic rings. The summed E-state index contributed by atoms with van der Waals surface area (Å²) < 4.78 is 61.5. The van der Waals surface area contributed by atoms with Crippen molar-refractivity contribution in [3.63, 3.8) is 0 Å². The molecule has 0 heterocycles. The number of benzene rings is 2. The molecule has 12 heteroatoms. The lowest BCUT2D eigenvalue weighted by molar-refractivity contribution is -0.137. The summed E-state index contributed by atoms with van der Waals surface area (Å²) in [6.45, 7) is -0.326. The number of primary sulfonamides is 1. The van der Waals surface area contributed by atoms with E-state index in [1.807, 2.05) is 6.07 Å². The molecule has 0 spiro atoms. The van der Waals surface area contributed by atoms with Crippen LogP contribution in [0.1, 0.15) is 11.1 Å². The second kappa shape index (κ2) is 8.28. The lowest BCUT2D eigenvalue weighted by atomic mass is 10.1. The van der Waals surface area contributed by atoms with Gasteiger partial charge in [0.1, 0.15) is 6.07 Å². The Balaban J connectivity index is 2.19. The number of sulfonamides is 1. The second-order valence-electron chi connectivity index (χ2n) is 5.93. The minimum Gasteiger partial charge on any atom is -0.364 e. The van der Waals surface area contributed by atoms with Crippen LogP contribution >= 0.6 is 11.6 Å². The molecule has 0 aliphatic heterocycles. The number of carbonyl (C=O) groups excluding carboxylic acids is 1. The van der Waals surface area contributed by atoms with Gasteiger partial charge in [-0.05, 0) is 36.4 Å². The zero-order valence-corrected chi connectivity index (χ0v) is 16.4. The van der Waals surface area contributed by atoms with Gasteiger partial charge in [-0.2, -0.15) is 18.4 Å². The van der Waals surface area contributed by atoms with Crippen LogP contribution in [0, 0.1) is 11.3 Å². The molecular formula is C17H14ClF3N4O3S. The van der Waals surface area contributed by atoms with Gasteiger partial charge in [-0.25, -0.2) is 13.6 Å². The number of nitriles is 1. The van der Waals surface area contributed by atoms with Gasteiger partial charge >= 0.3 is 6.18 Å². The van der Waals surface area contributed by atoms with Crippen LogP contribution in [0.25, 0.3) is 0 Å². The van der Waals surface area contributed by atoms with Crippen LogP contribution in [0.15, 0.2) is 41.3 Å². The van der Waals surface area contributed by atoms with Crippen molar-refractivity contribution in [3.8, 4) is 6.07 Å². The number of nitrogens with one attached hydrogen (secondary N) is 1. The molecule has 0 fully saturated rings. The molecule has 7 nitrogen and oxygen atoms in total. The van der Waals surface area contributed by atoms with Crippen molar-refractivity contribution in [3.05, 3.63) is 52.5 Å². The Labute approximate surface area is 169 Å². The van der Waals surface area contributed by atoms with E-state index in [2.05, 4.69) is 5.32 Å². The van der Waals surface area contributed by atoms with Crippen molar-refractivity contribution in [1.82, 2.24) is 0 Å². The predicted molar refractivity (Wildman–Crippen MR) is 101 cm³/mol. The fourth-order valence-corrected chi connectivity index (χ4v) is 3.20. The Hall–Kier alpha value is -2.81. The third kappa shape index (κ3) is 5.60. The molecule has 2 aromatic rings. The Morgan fingerprint density at radius 1 is 1.28 bits per heavy atom. The number of likely N-dealkylation sites (N-methyl/N-ethyl adjacent to an activating group) is 1. The number of nitrogens with two attached hydrogens (primary N) is 1. The zero-order chi connectivity index (χ0) is 22.0. The van der Waals surface area contributed by atoms with E-state index in [1.165, 1.54) is 30.1 Å². The quantitative estimate of drug-likeness (QED) is 0.732. The molecule has 0 saturated heterocycles. The van der Waals surface area contributed by atoms with E-state index in [9.17, 15) is 31.6 Å². The minimum absolute atomic E-state index is 0.0438.